The molecule has 178 valence electrons. The minimum atomic E-state index is -5.61. The van der Waals surface area contributed by atoms with Gasteiger partial charge in [0.05, 0.1) is 21.9 Å². The largest absolute Gasteiger partial charge is 0.446 e. The molecule has 0 spiro atoms. The highest BCUT2D eigenvalue weighted by Gasteiger charge is 2.44. The Kier molecular flexibility index (Phi) is 7.93. The molecule has 1 aromatic heterocycles. The molecule has 0 fully saturated rings. The lowest BCUT2D eigenvalue weighted by molar-refractivity contribution is -0.0711. The van der Waals surface area contributed by atoms with E-state index >= 15 is 0 Å². The summed E-state index contributed by atoms with van der Waals surface area (Å²) in [5.41, 5.74) is -10.1. The van der Waals surface area contributed by atoms with Crippen molar-refractivity contribution in [2.24, 2.45) is 4.99 Å². The van der Waals surface area contributed by atoms with E-state index < -0.39 is 72.8 Å². The van der Waals surface area contributed by atoms with Crippen molar-refractivity contribution in [2.45, 2.75) is 16.6 Å². The second-order valence-corrected chi connectivity index (χ2v) is 8.15. The van der Waals surface area contributed by atoms with Gasteiger partial charge in [0, 0.05) is 19.0 Å². The van der Waals surface area contributed by atoms with Crippen LogP contribution in [-0.2, 0) is 0 Å². The molecule has 33 heavy (non-hydrogen) atoms. The molecule has 1 aromatic carbocycles. The molecule has 16 heteroatoms. The first-order valence-corrected chi connectivity index (χ1v) is 9.75. The van der Waals surface area contributed by atoms with Crippen molar-refractivity contribution >= 4 is 52.7 Å². The molecule has 0 aliphatic heterocycles. The Bertz CT molecular complexity index is 1130. The quantitative estimate of drug-likeness (QED) is 0.177. The summed E-state index contributed by atoms with van der Waals surface area (Å²) in [4.78, 5) is 4.49. The van der Waals surface area contributed by atoms with Gasteiger partial charge in [0.1, 0.15) is 17.3 Å². The predicted molar refractivity (Wildman–Crippen MR) is 107 cm³/mol. The van der Waals surface area contributed by atoms with E-state index in [2.05, 4.69) is 10.1 Å². The van der Waals surface area contributed by atoms with Gasteiger partial charge in [-0.1, -0.05) is 23.2 Å². The van der Waals surface area contributed by atoms with Crippen molar-refractivity contribution in [3.05, 3.63) is 39.5 Å². The number of benzene rings is 1. The fourth-order valence-electron chi connectivity index (χ4n) is 2.44. The second kappa shape index (κ2) is 9.78. The molecular weight excluding hydrogens is 529 g/mol. The molecule has 0 saturated carbocycles. The summed E-state index contributed by atoms with van der Waals surface area (Å²) in [6.07, 6.45) is -7.84. The Morgan fingerprint density at radius 3 is 2.09 bits per heavy atom. The normalized spacial score (nSPS) is 12.2. The van der Waals surface area contributed by atoms with Crippen molar-refractivity contribution in [1.29, 1.82) is 5.26 Å². The average Bonchev–Trinajstić information content (AvgIpc) is 2.94. The number of aromatic nitrogens is 2. The molecule has 0 aliphatic carbocycles. The van der Waals surface area contributed by atoms with Crippen molar-refractivity contribution in [3.8, 4) is 11.8 Å². The number of halogens is 10. The van der Waals surface area contributed by atoms with E-state index in [9.17, 15) is 40.4 Å². The molecular formula is C17H9Cl2F8N5S. The van der Waals surface area contributed by atoms with Crippen molar-refractivity contribution in [1.82, 2.24) is 14.7 Å². The van der Waals surface area contributed by atoms with Crippen LogP contribution in [0.3, 0.4) is 0 Å². The fourth-order valence-corrected chi connectivity index (χ4v) is 3.84. The van der Waals surface area contributed by atoms with E-state index in [1.165, 1.54) is 25.1 Å². The molecule has 0 bridgehead atoms. The Hall–Kier alpha value is -2.50. The third-order valence-corrected chi connectivity index (χ3v) is 4.82. The molecule has 0 amide bonds. The lowest BCUT2D eigenvalue weighted by Crippen LogP contribution is -2.13. The van der Waals surface area contributed by atoms with Gasteiger partial charge in [-0.15, -0.1) is 0 Å². The highest BCUT2D eigenvalue weighted by Crippen LogP contribution is 2.46. The number of aliphatic imine (C=N–C) groups is 1. The SMILES string of the molecule is CN(C)/C=N\c1c(C(=C(F)F)C(F)(F)F)c(C#N)nn1-c1c(Cl)cc(SC(F)(F)F)cc1Cl. The summed E-state index contributed by atoms with van der Waals surface area (Å²) in [5.74, 6) is -0.902. The van der Waals surface area contributed by atoms with E-state index in [-0.39, 0.29) is 0 Å². The van der Waals surface area contributed by atoms with Crippen LogP contribution < -0.4 is 0 Å². The van der Waals surface area contributed by atoms with Crippen LogP contribution >= 0.6 is 35.0 Å². The van der Waals surface area contributed by atoms with Crippen molar-refractivity contribution < 1.29 is 35.1 Å². The molecule has 0 aliphatic rings. The lowest BCUT2D eigenvalue weighted by atomic mass is 10.1. The first kappa shape index (κ1) is 26.7. The third kappa shape index (κ3) is 6.30. The molecule has 1 heterocycles. The number of alkyl halides is 6. The summed E-state index contributed by atoms with van der Waals surface area (Å²) in [7, 11) is 2.82. The smallest absolute Gasteiger partial charge is 0.369 e. The molecule has 0 unspecified atom stereocenters. The monoisotopic (exact) mass is 537 g/mol. The number of hydrogen-bond acceptors (Lipinski definition) is 4. The van der Waals surface area contributed by atoms with Gasteiger partial charge in [-0.2, -0.15) is 45.5 Å². The van der Waals surface area contributed by atoms with Gasteiger partial charge in [0.25, 0.3) is 6.08 Å². The van der Waals surface area contributed by atoms with Crippen LogP contribution in [0.2, 0.25) is 10.0 Å². The lowest BCUT2D eigenvalue weighted by Gasteiger charge is -2.14. The van der Waals surface area contributed by atoms with Crippen LogP contribution in [0.15, 0.2) is 28.1 Å². The second-order valence-electron chi connectivity index (χ2n) is 6.20. The standard InChI is InChI=1S/C17H9Cl2F8N5S/c1-31(2)6-29-15-11(12(14(20)21)16(22,23)24)10(5-28)30-32(15)13-8(18)3-7(4-9(13)19)33-17(25,26)27/h3-4,6H,1-2H3/b29-6-. The topological polar surface area (TPSA) is 57.2 Å². The first-order chi connectivity index (χ1) is 15.1. The van der Waals surface area contributed by atoms with E-state index in [1.807, 2.05) is 0 Å². The minimum absolute atomic E-state index is 0.460. The summed E-state index contributed by atoms with van der Waals surface area (Å²) >= 11 is 11.5. The number of nitrogens with zero attached hydrogens (tertiary/aromatic N) is 5. The maximum Gasteiger partial charge on any atom is 0.446 e. The summed E-state index contributed by atoms with van der Waals surface area (Å²) in [5, 5.41) is 11.8. The van der Waals surface area contributed by atoms with Crippen LogP contribution in [0.25, 0.3) is 11.3 Å². The van der Waals surface area contributed by atoms with Gasteiger partial charge in [-0.3, -0.25) is 0 Å². The summed E-state index contributed by atoms with van der Waals surface area (Å²) in [6.45, 7) is 0. The molecule has 5 nitrogen and oxygen atoms in total. The maximum absolute atomic E-state index is 13.4. The van der Waals surface area contributed by atoms with Gasteiger partial charge in [0.15, 0.2) is 11.5 Å². The maximum atomic E-state index is 13.4. The number of hydrogen-bond donors (Lipinski definition) is 0. The van der Waals surface area contributed by atoms with Gasteiger partial charge >= 0.3 is 11.7 Å². The zero-order valence-electron chi connectivity index (χ0n) is 16.2. The van der Waals surface area contributed by atoms with Crippen LogP contribution in [0.1, 0.15) is 11.3 Å². The Labute approximate surface area is 194 Å². The number of allylic oxidation sites excluding steroid dienone is 1. The van der Waals surface area contributed by atoms with Gasteiger partial charge in [0.2, 0.25) is 0 Å². The number of nitriles is 1. The van der Waals surface area contributed by atoms with Crippen LogP contribution in [-0.4, -0.2) is 46.8 Å². The van der Waals surface area contributed by atoms with E-state index in [0.29, 0.717) is 4.68 Å². The number of thioether (sulfide) groups is 1. The van der Waals surface area contributed by atoms with Gasteiger partial charge in [-0.05, 0) is 23.9 Å². The zero-order valence-corrected chi connectivity index (χ0v) is 18.5. The molecule has 0 saturated heterocycles. The van der Waals surface area contributed by atoms with Crippen LogP contribution in [0.4, 0.5) is 40.9 Å². The molecule has 0 radical (unpaired) electrons. The Morgan fingerprint density at radius 1 is 1.15 bits per heavy atom. The summed E-state index contributed by atoms with van der Waals surface area (Å²) < 4.78 is 105. The highest BCUT2D eigenvalue weighted by molar-refractivity contribution is 8.00. The van der Waals surface area contributed by atoms with E-state index in [4.69, 9.17) is 23.2 Å². The molecule has 2 aromatic rings. The molecule has 0 N–H and O–H groups in total. The van der Waals surface area contributed by atoms with Crippen molar-refractivity contribution in [3.63, 3.8) is 0 Å². The van der Waals surface area contributed by atoms with E-state index in [1.54, 1.807) is 0 Å². The van der Waals surface area contributed by atoms with Crippen molar-refractivity contribution in [2.75, 3.05) is 14.1 Å². The predicted octanol–water partition coefficient (Wildman–Crippen LogP) is 7.05. The minimum Gasteiger partial charge on any atom is -0.369 e. The molecule has 0 atom stereocenters. The summed E-state index contributed by atoms with van der Waals surface area (Å²) in [6, 6.07) is 2.87. The first-order valence-electron chi connectivity index (χ1n) is 8.18. The van der Waals surface area contributed by atoms with Gasteiger partial charge < -0.3 is 4.90 Å². The fraction of sp³-hybridized carbons (Fsp3) is 0.235. The Morgan fingerprint density at radius 2 is 1.70 bits per heavy atom. The van der Waals surface area contributed by atoms with Crippen LogP contribution in [0.5, 0.6) is 0 Å². The highest BCUT2D eigenvalue weighted by atomic mass is 35.5. The average molecular weight is 538 g/mol. The Balaban J connectivity index is 2.93. The third-order valence-electron chi connectivity index (χ3n) is 3.54. The van der Waals surface area contributed by atoms with E-state index in [0.717, 1.165) is 18.5 Å². The molecule has 2 rings (SSSR count). The van der Waals surface area contributed by atoms with Crippen LogP contribution in [0, 0.1) is 11.3 Å². The zero-order chi connectivity index (χ0) is 25.3. The van der Waals surface area contributed by atoms with Gasteiger partial charge in [-0.25, -0.2) is 9.67 Å². The number of rotatable bonds is 5.